The molecule has 0 unspecified atom stereocenters. The monoisotopic (exact) mass is 352 g/mol. The Labute approximate surface area is 153 Å². The van der Waals surface area contributed by atoms with Gasteiger partial charge < -0.3 is 4.42 Å². The highest BCUT2D eigenvalue weighted by atomic mass is 32.2. The van der Waals surface area contributed by atoms with Gasteiger partial charge in [-0.2, -0.15) is 11.8 Å². The Hall–Kier alpha value is -0.700. The Kier molecular flexibility index (Phi) is 13.0. The van der Waals surface area contributed by atoms with Crippen molar-refractivity contribution in [1.82, 2.24) is 0 Å². The van der Waals surface area contributed by atoms with Crippen molar-refractivity contribution < 1.29 is 9.21 Å². The van der Waals surface area contributed by atoms with Crippen LogP contribution in [-0.4, -0.2) is 11.5 Å². The normalized spacial score (nSPS) is 11.1. The smallest absolute Gasteiger partial charge is 0.194 e. The van der Waals surface area contributed by atoms with Crippen molar-refractivity contribution in [2.24, 2.45) is 0 Å². The van der Waals surface area contributed by atoms with E-state index in [1.165, 1.54) is 82.8 Å². The standard InChI is InChI=1S/C21H36O2S/c1-3-4-5-6-7-8-9-10-11-12-13-14-17-24-18-20-15-16-21(23-20)19(2)22/h15-16H,3-14,17-18H2,1-2H3. The lowest BCUT2D eigenvalue weighted by Gasteiger charge is -2.03. The van der Waals surface area contributed by atoms with Crippen LogP contribution in [0.2, 0.25) is 0 Å². The van der Waals surface area contributed by atoms with Crippen LogP contribution in [0.4, 0.5) is 0 Å². The fourth-order valence-corrected chi connectivity index (χ4v) is 3.77. The molecule has 0 radical (unpaired) electrons. The van der Waals surface area contributed by atoms with E-state index in [1.54, 1.807) is 13.0 Å². The second kappa shape index (κ2) is 14.6. The van der Waals surface area contributed by atoms with Crippen molar-refractivity contribution >= 4 is 17.5 Å². The van der Waals surface area contributed by atoms with Gasteiger partial charge in [-0.3, -0.25) is 4.79 Å². The van der Waals surface area contributed by atoms with Crippen molar-refractivity contribution in [3.8, 4) is 0 Å². The molecule has 0 amide bonds. The molecule has 2 nitrogen and oxygen atoms in total. The molecule has 1 aromatic rings. The summed E-state index contributed by atoms with van der Waals surface area (Å²) >= 11 is 1.91. The Bertz CT molecular complexity index is 425. The van der Waals surface area contributed by atoms with E-state index in [4.69, 9.17) is 4.42 Å². The number of rotatable bonds is 16. The lowest BCUT2D eigenvalue weighted by atomic mass is 10.1. The largest absolute Gasteiger partial charge is 0.457 e. The quantitative estimate of drug-likeness (QED) is 0.229. The number of carbonyl (C=O) groups is 1. The van der Waals surface area contributed by atoms with Crippen molar-refractivity contribution in [3.63, 3.8) is 0 Å². The highest BCUT2D eigenvalue weighted by molar-refractivity contribution is 7.98. The van der Waals surface area contributed by atoms with Gasteiger partial charge in [-0.25, -0.2) is 0 Å². The number of furan rings is 1. The SMILES string of the molecule is CCCCCCCCCCCCCCSCc1ccc(C(C)=O)o1. The molecule has 1 heterocycles. The predicted octanol–water partition coefficient (Wildman–Crippen LogP) is 7.42. The van der Waals surface area contributed by atoms with Gasteiger partial charge in [-0.1, -0.05) is 77.6 Å². The van der Waals surface area contributed by atoms with E-state index in [0.29, 0.717) is 5.76 Å². The van der Waals surface area contributed by atoms with Crippen LogP contribution in [0.1, 0.15) is 107 Å². The molecule has 1 rings (SSSR count). The van der Waals surface area contributed by atoms with Gasteiger partial charge in [0.05, 0.1) is 5.75 Å². The van der Waals surface area contributed by atoms with Gasteiger partial charge >= 0.3 is 0 Å². The summed E-state index contributed by atoms with van der Waals surface area (Å²) < 4.78 is 5.49. The van der Waals surface area contributed by atoms with E-state index in [-0.39, 0.29) is 5.78 Å². The highest BCUT2D eigenvalue weighted by Crippen LogP contribution is 2.18. The minimum Gasteiger partial charge on any atom is -0.457 e. The van der Waals surface area contributed by atoms with E-state index in [0.717, 1.165) is 11.5 Å². The third-order valence-corrected chi connectivity index (χ3v) is 5.46. The summed E-state index contributed by atoms with van der Waals surface area (Å²) in [4.78, 5) is 11.2. The average molecular weight is 353 g/mol. The molecule has 0 aromatic carbocycles. The summed E-state index contributed by atoms with van der Waals surface area (Å²) in [5.74, 6) is 3.48. The van der Waals surface area contributed by atoms with E-state index < -0.39 is 0 Å². The summed E-state index contributed by atoms with van der Waals surface area (Å²) in [5.41, 5.74) is 0. The molecule has 24 heavy (non-hydrogen) atoms. The Morgan fingerprint density at radius 2 is 1.42 bits per heavy atom. The molecule has 3 heteroatoms. The highest BCUT2D eigenvalue weighted by Gasteiger charge is 2.05. The summed E-state index contributed by atoms with van der Waals surface area (Å²) in [7, 11) is 0. The molecule has 0 bridgehead atoms. The van der Waals surface area contributed by atoms with Crippen LogP contribution in [0.3, 0.4) is 0 Å². The molecule has 1 aromatic heterocycles. The molecule has 0 spiro atoms. The van der Waals surface area contributed by atoms with Crippen molar-refractivity contribution in [2.75, 3.05) is 5.75 Å². The third-order valence-electron chi connectivity index (χ3n) is 4.40. The predicted molar refractivity (Wildman–Crippen MR) is 106 cm³/mol. The first-order chi connectivity index (χ1) is 11.7. The van der Waals surface area contributed by atoms with Crippen LogP contribution in [0.25, 0.3) is 0 Å². The van der Waals surface area contributed by atoms with Crippen LogP contribution in [0.5, 0.6) is 0 Å². The fraction of sp³-hybridized carbons (Fsp3) is 0.762. The summed E-state index contributed by atoms with van der Waals surface area (Å²) in [6, 6.07) is 3.70. The molecular weight excluding hydrogens is 316 g/mol. The fourth-order valence-electron chi connectivity index (χ4n) is 2.86. The molecule has 0 fully saturated rings. The Morgan fingerprint density at radius 1 is 0.875 bits per heavy atom. The molecule has 0 aliphatic rings. The van der Waals surface area contributed by atoms with Crippen molar-refractivity contribution in [2.45, 2.75) is 96.7 Å². The topological polar surface area (TPSA) is 30.2 Å². The van der Waals surface area contributed by atoms with E-state index in [1.807, 2.05) is 17.8 Å². The first-order valence-corrected chi connectivity index (χ1v) is 11.1. The van der Waals surface area contributed by atoms with Crippen LogP contribution >= 0.6 is 11.8 Å². The van der Waals surface area contributed by atoms with Crippen LogP contribution in [-0.2, 0) is 5.75 Å². The van der Waals surface area contributed by atoms with E-state index in [2.05, 4.69) is 6.92 Å². The molecule has 138 valence electrons. The summed E-state index contributed by atoms with van der Waals surface area (Å²) in [6.07, 6.45) is 16.8. The molecule has 0 saturated heterocycles. The zero-order valence-electron chi connectivity index (χ0n) is 15.8. The maximum Gasteiger partial charge on any atom is 0.194 e. The Balaban J connectivity index is 1.81. The lowest BCUT2D eigenvalue weighted by molar-refractivity contribution is 0.0986. The molecule has 0 aliphatic carbocycles. The van der Waals surface area contributed by atoms with E-state index in [9.17, 15) is 4.79 Å². The maximum atomic E-state index is 11.2. The first-order valence-electron chi connectivity index (χ1n) is 9.91. The average Bonchev–Trinajstić information content (AvgIpc) is 3.04. The molecule has 0 aliphatic heterocycles. The van der Waals surface area contributed by atoms with Crippen molar-refractivity contribution in [3.05, 3.63) is 23.7 Å². The maximum absolute atomic E-state index is 11.2. The van der Waals surface area contributed by atoms with Gasteiger partial charge in [0.1, 0.15) is 5.76 Å². The number of thioether (sulfide) groups is 1. The summed E-state index contributed by atoms with van der Waals surface area (Å²) in [6.45, 7) is 3.82. The minimum absolute atomic E-state index is 0.00668. The first kappa shape index (κ1) is 21.3. The van der Waals surface area contributed by atoms with Gasteiger partial charge in [0.15, 0.2) is 11.5 Å². The number of Topliss-reactive ketones (excluding diaryl/α,β-unsaturated/α-hetero) is 1. The van der Waals surface area contributed by atoms with Gasteiger partial charge in [0, 0.05) is 6.92 Å². The number of hydrogen-bond donors (Lipinski definition) is 0. The van der Waals surface area contributed by atoms with Gasteiger partial charge in [-0.05, 0) is 24.3 Å². The lowest BCUT2D eigenvalue weighted by Crippen LogP contribution is -1.87. The second-order valence-corrected chi connectivity index (χ2v) is 7.87. The summed E-state index contributed by atoms with van der Waals surface area (Å²) in [5, 5.41) is 0. The third kappa shape index (κ3) is 11.0. The zero-order valence-corrected chi connectivity index (χ0v) is 16.6. The number of hydrogen-bond acceptors (Lipinski definition) is 3. The molecule has 0 atom stereocenters. The van der Waals surface area contributed by atoms with Crippen LogP contribution < -0.4 is 0 Å². The zero-order chi connectivity index (χ0) is 17.5. The minimum atomic E-state index is 0.00668. The molecule has 0 N–H and O–H groups in total. The Morgan fingerprint density at radius 3 is 1.92 bits per heavy atom. The van der Waals surface area contributed by atoms with Gasteiger partial charge in [-0.15, -0.1) is 0 Å². The van der Waals surface area contributed by atoms with Gasteiger partial charge in [0.25, 0.3) is 0 Å². The van der Waals surface area contributed by atoms with Crippen LogP contribution in [0, 0.1) is 0 Å². The van der Waals surface area contributed by atoms with Gasteiger partial charge in [0.2, 0.25) is 0 Å². The number of ketones is 1. The van der Waals surface area contributed by atoms with Crippen molar-refractivity contribution in [1.29, 1.82) is 0 Å². The number of unbranched alkanes of at least 4 members (excludes halogenated alkanes) is 11. The van der Waals surface area contributed by atoms with E-state index >= 15 is 0 Å². The number of carbonyl (C=O) groups excluding carboxylic acids is 1. The molecular formula is C21H36O2S. The molecule has 0 saturated carbocycles. The second-order valence-electron chi connectivity index (χ2n) is 6.76. The van der Waals surface area contributed by atoms with Crippen LogP contribution in [0.15, 0.2) is 16.5 Å².